The van der Waals surface area contributed by atoms with Crippen molar-refractivity contribution in [2.45, 2.75) is 20.3 Å². The summed E-state index contributed by atoms with van der Waals surface area (Å²) in [6.07, 6.45) is 5.86. The van der Waals surface area contributed by atoms with Gasteiger partial charge in [-0.1, -0.05) is 0 Å². The Morgan fingerprint density at radius 1 is 1.19 bits per heavy atom. The minimum atomic E-state index is -0.476. The highest BCUT2D eigenvalue weighted by atomic mass is 16.1. The predicted octanol–water partition coefficient (Wildman–Crippen LogP) is 3.19. The Hall–Kier alpha value is -3.46. The Bertz CT molecular complexity index is 852. The first-order chi connectivity index (χ1) is 13.0. The van der Waals surface area contributed by atoms with Crippen LogP contribution in [-0.2, 0) is 11.2 Å². The van der Waals surface area contributed by atoms with Crippen molar-refractivity contribution in [2.75, 3.05) is 18.4 Å². The Morgan fingerprint density at radius 3 is 2.41 bits per heavy atom. The van der Waals surface area contributed by atoms with Crippen LogP contribution in [-0.4, -0.2) is 34.7 Å². The minimum absolute atomic E-state index is 0.0298. The fourth-order valence-corrected chi connectivity index (χ4v) is 2.44. The molecule has 2 aromatic rings. The predicted molar refractivity (Wildman–Crippen MR) is 104 cm³/mol. The van der Waals surface area contributed by atoms with E-state index in [-0.39, 0.29) is 11.4 Å². The van der Waals surface area contributed by atoms with Gasteiger partial charge in [0.2, 0.25) is 0 Å². The summed E-state index contributed by atoms with van der Waals surface area (Å²) in [6.45, 7) is 4.81. The number of aromatic nitrogens is 1. The molecule has 0 atom stereocenters. The molecule has 2 rings (SSSR count). The van der Waals surface area contributed by atoms with Crippen LogP contribution in [0, 0.1) is 11.3 Å². The molecule has 0 aliphatic carbocycles. The molecule has 0 saturated heterocycles. The Balaban J connectivity index is 2.02. The summed E-state index contributed by atoms with van der Waals surface area (Å²) in [5, 5.41) is 12.0. The maximum absolute atomic E-state index is 12.4. The number of carbonyl (C=O) groups excluding carboxylic acids is 2. The number of nitrogens with one attached hydrogen (secondary N) is 1. The topological polar surface area (TPSA) is 86.1 Å². The standard InChI is InChI=1S/C21H22N4O2/c1-3-25(13-10-17-8-11-23-12-9-17)15-19(14-22)21(27)24-20-6-4-18(5-7-20)16(2)26/h4-9,11-12,15H,3,10,13H2,1-2H3,(H,24,27)/b19-15-. The molecule has 27 heavy (non-hydrogen) atoms. The third-order valence-corrected chi connectivity index (χ3v) is 4.07. The van der Waals surface area contributed by atoms with Gasteiger partial charge in [0.05, 0.1) is 0 Å². The second-order valence-corrected chi connectivity index (χ2v) is 5.98. The number of nitriles is 1. The first-order valence-electron chi connectivity index (χ1n) is 8.70. The molecule has 1 heterocycles. The van der Waals surface area contributed by atoms with E-state index in [1.807, 2.05) is 30.0 Å². The van der Waals surface area contributed by atoms with Crippen LogP contribution in [0.1, 0.15) is 29.8 Å². The first kappa shape index (κ1) is 19.9. The van der Waals surface area contributed by atoms with E-state index in [9.17, 15) is 14.9 Å². The van der Waals surface area contributed by atoms with E-state index in [0.717, 1.165) is 12.0 Å². The number of Topliss-reactive ketones (excluding diaryl/α,β-unsaturated/α-hetero) is 1. The van der Waals surface area contributed by atoms with Gasteiger partial charge in [0.25, 0.3) is 5.91 Å². The average Bonchev–Trinajstić information content (AvgIpc) is 2.69. The first-order valence-corrected chi connectivity index (χ1v) is 8.70. The van der Waals surface area contributed by atoms with Crippen molar-refractivity contribution in [3.63, 3.8) is 0 Å². The molecule has 1 aromatic carbocycles. The van der Waals surface area contributed by atoms with Crippen LogP contribution >= 0.6 is 0 Å². The number of pyridine rings is 1. The van der Waals surface area contributed by atoms with Crippen molar-refractivity contribution in [2.24, 2.45) is 0 Å². The van der Waals surface area contributed by atoms with Gasteiger partial charge in [-0.05, 0) is 62.2 Å². The van der Waals surface area contributed by atoms with Gasteiger partial charge in [-0.2, -0.15) is 5.26 Å². The minimum Gasteiger partial charge on any atom is -0.376 e. The zero-order valence-corrected chi connectivity index (χ0v) is 15.5. The van der Waals surface area contributed by atoms with Crippen molar-refractivity contribution in [1.82, 2.24) is 9.88 Å². The highest BCUT2D eigenvalue weighted by Crippen LogP contribution is 2.12. The molecule has 0 bridgehead atoms. The van der Waals surface area contributed by atoms with Gasteiger partial charge in [-0.25, -0.2) is 0 Å². The number of hydrogen-bond donors (Lipinski definition) is 1. The van der Waals surface area contributed by atoms with Gasteiger partial charge in [0, 0.05) is 42.9 Å². The van der Waals surface area contributed by atoms with Crippen LogP contribution < -0.4 is 5.32 Å². The van der Waals surface area contributed by atoms with Crippen molar-refractivity contribution >= 4 is 17.4 Å². The highest BCUT2D eigenvalue weighted by Gasteiger charge is 2.12. The summed E-state index contributed by atoms with van der Waals surface area (Å²) in [7, 11) is 0. The molecule has 6 heteroatoms. The molecule has 138 valence electrons. The molecular formula is C21H22N4O2. The van der Waals surface area contributed by atoms with Crippen LogP contribution in [0.25, 0.3) is 0 Å². The molecule has 1 aromatic heterocycles. The zero-order valence-electron chi connectivity index (χ0n) is 15.5. The van der Waals surface area contributed by atoms with E-state index >= 15 is 0 Å². The third kappa shape index (κ3) is 6.08. The van der Waals surface area contributed by atoms with E-state index < -0.39 is 5.91 Å². The Labute approximate surface area is 159 Å². The molecule has 0 fully saturated rings. The van der Waals surface area contributed by atoms with Gasteiger partial charge in [0.1, 0.15) is 11.6 Å². The fraction of sp³-hybridized carbons (Fsp3) is 0.238. The van der Waals surface area contributed by atoms with Gasteiger partial charge >= 0.3 is 0 Å². The molecule has 0 unspecified atom stereocenters. The van der Waals surface area contributed by atoms with E-state index in [2.05, 4.69) is 10.3 Å². The smallest absolute Gasteiger partial charge is 0.267 e. The van der Waals surface area contributed by atoms with Crippen LogP contribution in [0.4, 0.5) is 5.69 Å². The van der Waals surface area contributed by atoms with Crippen molar-refractivity contribution in [3.05, 3.63) is 71.7 Å². The van der Waals surface area contributed by atoms with Gasteiger partial charge in [-0.15, -0.1) is 0 Å². The normalized spacial score (nSPS) is 10.8. The number of anilines is 1. The molecule has 0 spiro atoms. The Morgan fingerprint density at radius 2 is 1.85 bits per heavy atom. The summed E-state index contributed by atoms with van der Waals surface area (Å²) < 4.78 is 0. The lowest BCUT2D eigenvalue weighted by Crippen LogP contribution is -2.23. The number of hydrogen-bond acceptors (Lipinski definition) is 5. The average molecular weight is 362 g/mol. The lowest BCUT2D eigenvalue weighted by Gasteiger charge is -2.18. The lowest BCUT2D eigenvalue weighted by atomic mass is 10.1. The van der Waals surface area contributed by atoms with Crippen molar-refractivity contribution in [1.29, 1.82) is 5.26 Å². The van der Waals surface area contributed by atoms with Crippen LogP contribution in [0.3, 0.4) is 0 Å². The molecule has 6 nitrogen and oxygen atoms in total. The van der Waals surface area contributed by atoms with Gasteiger partial charge in [-0.3, -0.25) is 14.6 Å². The van der Waals surface area contributed by atoms with E-state index in [4.69, 9.17) is 0 Å². The second-order valence-electron chi connectivity index (χ2n) is 5.98. The van der Waals surface area contributed by atoms with E-state index in [0.29, 0.717) is 24.3 Å². The number of rotatable bonds is 8. The lowest BCUT2D eigenvalue weighted by molar-refractivity contribution is -0.112. The third-order valence-electron chi connectivity index (χ3n) is 4.07. The summed E-state index contributed by atoms with van der Waals surface area (Å²) in [6, 6.07) is 12.4. The maximum Gasteiger partial charge on any atom is 0.267 e. The zero-order chi connectivity index (χ0) is 19.6. The summed E-state index contributed by atoms with van der Waals surface area (Å²) in [4.78, 5) is 29.6. The van der Waals surface area contributed by atoms with Crippen molar-refractivity contribution in [3.8, 4) is 6.07 Å². The van der Waals surface area contributed by atoms with E-state index in [1.165, 1.54) is 6.92 Å². The molecule has 0 radical (unpaired) electrons. The molecule has 1 amide bonds. The number of carbonyl (C=O) groups is 2. The van der Waals surface area contributed by atoms with Crippen LogP contribution in [0.2, 0.25) is 0 Å². The SMILES string of the molecule is CCN(/C=C(/C#N)C(=O)Nc1ccc(C(C)=O)cc1)CCc1ccncc1. The summed E-state index contributed by atoms with van der Waals surface area (Å²) in [5.41, 5.74) is 2.27. The van der Waals surface area contributed by atoms with Crippen LogP contribution in [0.5, 0.6) is 0 Å². The monoisotopic (exact) mass is 362 g/mol. The Kier molecular flexibility index (Phi) is 7.26. The van der Waals surface area contributed by atoms with Crippen molar-refractivity contribution < 1.29 is 9.59 Å². The fourth-order valence-electron chi connectivity index (χ4n) is 2.44. The molecular weight excluding hydrogens is 340 g/mol. The van der Waals surface area contributed by atoms with E-state index in [1.54, 1.807) is 42.9 Å². The molecule has 0 saturated carbocycles. The molecule has 0 aliphatic rings. The number of ketones is 1. The van der Waals surface area contributed by atoms with Gasteiger partial charge < -0.3 is 10.2 Å². The molecule has 0 aliphatic heterocycles. The summed E-state index contributed by atoms with van der Waals surface area (Å²) in [5.74, 6) is -0.520. The summed E-state index contributed by atoms with van der Waals surface area (Å²) >= 11 is 0. The highest BCUT2D eigenvalue weighted by molar-refractivity contribution is 6.06. The quantitative estimate of drug-likeness (QED) is 0.443. The number of nitrogens with zero attached hydrogens (tertiary/aromatic N) is 3. The largest absolute Gasteiger partial charge is 0.376 e. The maximum atomic E-state index is 12.4. The number of benzene rings is 1. The van der Waals surface area contributed by atoms with Gasteiger partial charge in [0.15, 0.2) is 5.78 Å². The number of amides is 1. The number of likely N-dealkylation sites (N-methyl/N-ethyl adjacent to an activating group) is 1. The second kappa shape index (κ2) is 9.88. The molecule has 1 N–H and O–H groups in total. The van der Waals surface area contributed by atoms with Crippen LogP contribution in [0.15, 0.2) is 60.6 Å².